The highest BCUT2D eigenvalue weighted by atomic mass is 16.3. The summed E-state index contributed by atoms with van der Waals surface area (Å²) in [4.78, 5) is 36.1. The van der Waals surface area contributed by atoms with E-state index >= 15 is 0 Å². The molecule has 1 amide bonds. The topological polar surface area (TPSA) is 148 Å². The number of rotatable bonds is 4. The quantitative estimate of drug-likeness (QED) is 0.466. The molecule has 1 aromatic carbocycles. The second-order valence-electron chi connectivity index (χ2n) is 5.66. The number of hydrogen-bond donors (Lipinski definition) is 3. The van der Waals surface area contributed by atoms with Gasteiger partial charge in [0.1, 0.15) is 5.75 Å². The Morgan fingerprint density at radius 3 is 2.41 bits per heavy atom. The summed E-state index contributed by atoms with van der Waals surface area (Å²) in [6.07, 6.45) is 4.49. The van der Waals surface area contributed by atoms with Crippen LogP contribution in [-0.4, -0.2) is 41.9 Å². The Labute approximate surface area is 151 Å². The first-order chi connectivity index (χ1) is 13.1. The molecule has 4 rings (SSSR count). The number of carbonyl (C=O) groups is 2. The van der Waals surface area contributed by atoms with Gasteiger partial charge in [0.25, 0.3) is 5.91 Å². The number of nitrogens with one attached hydrogen (secondary N) is 1. The summed E-state index contributed by atoms with van der Waals surface area (Å²) in [5.74, 6) is -0.894. The van der Waals surface area contributed by atoms with Crippen molar-refractivity contribution in [2.24, 2.45) is 5.73 Å². The lowest BCUT2D eigenvalue weighted by Crippen LogP contribution is -2.16. The third-order valence-corrected chi connectivity index (χ3v) is 3.99. The average Bonchev–Trinajstić information content (AvgIpc) is 3.12. The molecule has 0 aliphatic carbocycles. The van der Waals surface area contributed by atoms with Gasteiger partial charge < -0.3 is 15.8 Å². The number of phenolic OH excluding ortho intramolecular Hbond substituents is 1. The van der Waals surface area contributed by atoms with Crippen LogP contribution >= 0.6 is 0 Å². The van der Waals surface area contributed by atoms with Gasteiger partial charge in [-0.3, -0.25) is 9.59 Å². The predicted octanol–water partition coefficient (Wildman–Crippen LogP) is 1.45. The number of aromatic amines is 1. The van der Waals surface area contributed by atoms with E-state index in [2.05, 4.69) is 25.1 Å². The Balaban J connectivity index is 2.01. The molecule has 3 heterocycles. The van der Waals surface area contributed by atoms with Crippen molar-refractivity contribution >= 4 is 22.7 Å². The second kappa shape index (κ2) is 6.30. The molecule has 9 heteroatoms. The van der Waals surface area contributed by atoms with Gasteiger partial charge in [-0.05, 0) is 30.3 Å². The van der Waals surface area contributed by atoms with E-state index in [0.717, 1.165) is 0 Å². The van der Waals surface area contributed by atoms with Gasteiger partial charge >= 0.3 is 0 Å². The molecule has 0 saturated carbocycles. The Bertz CT molecular complexity index is 1170. The number of fused-ring (bicyclic) bond motifs is 1. The van der Waals surface area contributed by atoms with E-state index in [1.807, 2.05) is 0 Å². The van der Waals surface area contributed by atoms with E-state index in [0.29, 0.717) is 16.6 Å². The van der Waals surface area contributed by atoms with Crippen LogP contribution in [-0.2, 0) is 0 Å². The molecule has 0 atom stereocenters. The predicted molar refractivity (Wildman–Crippen MR) is 95.0 cm³/mol. The van der Waals surface area contributed by atoms with Gasteiger partial charge in [-0.25, -0.2) is 9.97 Å². The number of phenols is 1. The number of nitrogens with two attached hydrogens (primary N) is 1. The van der Waals surface area contributed by atoms with Crippen molar-refractivity contribution in [3.05, 3.63) is 65.7 Å². The van der Waals surface area contributed by atoms with Gasteiger partial charge in [-0.2, -0.15) is 0 Å². The van der Waals surface area contributed by atoms with Crippen LogP contribution in [0.2, 0.25) is 0 Å². The molecule has 0 aliphatic rings. The monoisotopic (exact) mass is 360 g/mol. The van der Waals surface area contributed by atoms with Gasteiger partial charge in [-0.15, -0.1) is 10.2 Å². The smallest absolute Gasteiger partial charge is 0.270 e. The highest BCUT2D eigenvalue weighted by molar-refractivity contribution is 6.20. The third kappa shape index (κ3) is 2.76. The normalized spacial score (nSPS) is 10.8. The summed E-state index contributed by atoms with van der Waals surface area (Å²) in [7, 11) is 0. The first-order valence-electron chi connectivity index (χ1n) is 7.85. The first kappa shape index (κ1) is 16.3. The fourth-order valence-corrected chi connectivity index (χ4v) is 2.78. The van der Waals surface area contributed by atoms with Gasteiger partial charge in [0, 0.05) is 29.5 Å². The molecule has 0 aliphatic heterocycles. The zero-order valence-electron chi connectivity index (χ0n) is 13.7. The molecule has 0 fully saturated rings. The number of benzene rings is 1. The van der Waals surface area contributed by atoms with Crippen LogP contribution in [0.25, 0.3) is 22.4 Å². The molecule has 4 aromatic rings. The van der Waals surface area contributed by atoms with Gasteiger partial charge in [0.05, 0.1) is 11.1 Å². The van der Waals surface area contributed by atoms with E-state index in [4.69, 9.17) is 5.73 Å². The fourth-order valence-electron chi connectivity index (χ4n) is 2.78. The molecular formula is C18H12N6O3. The summed E-state index contributed by atoms with van der Waals surface area (Å²) < 4.78 is 0. The highest BCUT2D eigenvalue weighted by Crippen LogP contribution is 2.31. The number of aromatic hydroxyl groups is 1. The number of nitrogens with zero attached hydrogens (tertiary/aromatic N) is 4. The molecule has 132 valence electrons. The Morgan fingerprint density at radius 2 is 1.74 bits per heavy atom. The standard InChI is InChI=1S/C18H12N6O3/c19-16(27)14-13(17-20-6-1-7-21-17)12-11(8-22-18(12)24-23-14)15(26)9-2-4-10(25)5-3-9/h1-8,25H,(H2,19,27)(H,22,24). The van der Waals surface area contributed by atoms with E-state index in [1.54, 1.807) is 6.07 Å². The maximum atomic E-state index is 13.0. The van der Waals surface area contributed by atoms with Crippen molar-refractivity contribution < 1.29 is 14.7 Å². The summed E-state index contributed by atoms with van der Waals surface area (Å²) in [5.41, 5.74) is 6.46. The third-order valence-electron chi connectivity index (χ3n) is 3.99. The molecule has 0 bridgehead atoms. The van der Waals surface area contributed by atoms with Gasteiger partial charge in [-0.1, -0.05) is 0 Å². The molecule has 0 radical (unpaired) electrons. The van der Waals surface area contributed by atoms with Crippen LogP contribution in [0.3, 0.4) is 0 Å². The van der Waals surface area contributed by atoms with Crippen LogP contribution < -0.4 is 5.73 Å². The number of aromatic nitrogens is 5. The number of primary amides is 1. The molecule has 9 nitrogen and oxygen atoms in total. The summed E-state index contributed by atoms with van der Waals surface area (Å²) in [6.45, 7) is 0. The maximum Gasteiger partial charge on any atom is 0.270 e. The zero-order chi connectivity index (χ0) is 19.0. The molecule has 0 unspecified atom stereocenters. The molecule has 4 N–H and O–H groups in total. The minimum atomic E-state index is -0.809. The molecule has 0 spiro atoms. The lowest BCUT2D eigenvalue weighted by Gasteiger charge is -2.07. The van der Waals surface area contributed by atoms with Gasteiger partial charge in [0.15, 0.2) is 22.9 Å². The van der Waals surface area contributed by atoms with Crippen molar-refractivity contribution in [2.75, 3.05) is 0 Å². The Kier molecular flexibility index (Phi) is 3.81. The minimum absolute atomic E-state index is 0.0470. The SMILES string of the molecule is NC(=O)c1nnc2[nH]cc(C(=O)c3ccc(O)cc3)c2c1-c1ncccn1. The van der Waals surface area contributed by atoms with E-state index in [1.165, 1.54) is 42.9 Å². The fraction of sp³-hybridized carbons (Fsp3) is 0. The van der Waals surface area contributed by atoms with Crippen molar-refractivity contribution in [3.8, 4) is 17.1 Å². The summed E-state index contributed by atoms with van der Waals surface area (Å²) >= 11 is 0. The molecule has 3 aromatic heterocycles. The van der Waals surface area contributed by atoms with Crippen molar-refractivity contribution in [1.29, 1.82) is 0 Å². The Hall–Kier alpha value is -4.14. The van der Waals surface area contributed by atoms with Crippen LogP contribution in [0.15, 0.2) is 48.9 Å². The molecule has 27 heavy (non-hydrogen) atoms. The van der Waals surface area contributed by atoms with E-state index in [-0.39, 0.29) is 34.2 Å². The summed E-state index contributed by atoms with van der Waals surface area (Å²) in [6, 6.07) is 7.45. The minimum Gasteiger partial charge on any atom is -0.508 e. The van der Waals surface area contributed by atoms with Crippen molar-refractivity contribution in [1.82, 2.24) is 25.1 Å². The Morgan fingerprint density at radius 1 is 1.04 bits per heavy atom. The van der Waals surface area contributed by atoms with Crippen molar-refractivity contribution in [3.63, 3.8) is 0 Å². The summed E-state index contributed by atoms with van der Waals surface area (Å²) in [5, 5.41) is 17.6. The zero-order valence-corrected chi connectivity index (χ0v) is 13.7. The number of ketones is 1. The van der Waals surface area contributed by atoms with Crippen molar-refractivity contribution in [2.45, 2.75) is 0 Å². The van der Waals surface area contributed by atoms with Gasteiger partial charge in [0.2, 0.25) is 0 Å². The highest BCUT2D eigenvalue weighted by Gasteiger charge is 2.25. The number of amides is 1. The number of H-pyrrole nitrogens is 1. The van der Waals surface area contributed by atoms with Crippen LogP contribution in [0.1, 0.15) is 26.4 Å². The molecular weight excluding hydrogens is 348 g/mol. The van der Waals surface area contributed by atoms with E-state index in [9.17, 15) is 14.7 Å². The average molecular weight is 360 g/mol. The van der Waals surface area contributed by atoms with E-state index < -0.39 is 5.91 Å². The maximum absolute atomic E-state index is 13.0. The first-order valence-corrected chi connectivity index (χ1v) is 7.85. The van der Waals surface area contributed by atoms with Crippen LogP contribution in [0, 0.1) is 0 Å². The largest absolute Gasteiger partial charge is 0.508 e. The number of hydrogen-bond acceptors (Lipinski definition) is 7. The lowest BCUT2D eigenvalue weighted by molar-refractivity contribution is 0.0993. The van der Waals surface area contributed by atoms with Crippen LogP contribution in [0.5, 0.6) is 5.75 Å². The van der Waals surface area contributed by atoms with Crippen LogP contribution in [0.4, 0.5) is 0 Å². The molecule has 0 saturated heterocycles. The second-order valence-corrected chi connectivity index (χ2v) is 5.66. The lowest BCUT2D eigenvalue weighted by atomic mass is 9.99. The number of carbonyl (C=O) groups excluding carboxylic acids is 2.